The van der Waals surface area contributed by atoms with Crippen LogP contribution >= 0.6 is 11.6 Å². The number of ether oxygens (including phenoxy) is 1. The summed E-state index contributed by atoms with van der Waals surface area (Å²) in [7, 11) is 1.57. The Bertz CT molecular complexity index is 1690. The summed E-state index contributed by atoms with van der Waals surface area (Å²) in [5, 5.41) is -0.411. The third-order valence-electron chi connectivity index (χ3n) is 7.27. The number of fused-ring (bicyclic) bond motifs is 1. The fourth-order valence-electron chi connectivity index (χ4n) is 5.19. The summed E-state index contributed by atoms with van der Waals surface area (Å²) >= 11 is 6.85. The molecule has 0 saturated carbocycles. The molecule has 2 atom stereocenters. The van der Waals surface area contributed by atoms with Gasteiger partial charge < -0.3 is 9.64 Å². The van der Waals surface area contributed by atoms with Gasteiger partial charge in [-0.15, -0.1) is 11.6 Å². The molecule has 208 valence electrons. The maximum absolute atomic E-state index is 14.2. The van der Waals surface area contributed by atoms with Crippen molar-refractivity contribution >= 4 is 28.4 Å². The smallest absolute Gasteiger partial charge is 0.266 e. The summed E-state index contributed by atoms with van der Waals surface area (Å²) in [5.41, 5.74) is 2.71. The van der Waals surface area contributed by atoms with Crippen molar-refractivity contribution in [2.24, 2.45) is 0 Å². The first-order valence-corrected chi connectivity index (χ1v) is 14.2. The molecule has 0 fully saturated rings. The Kier molecular flexibility index (Phi) is 8.80. The summed E-state index contributed by atoms with van der Waals surface area (Å²) in [5.74, 6) is 0.748. The van der Waals surface area contributed by atoms with Gasteiger partial charge in [-0.25, -0.2) is 4.98 Å². The van der Waals surface area contributed by atoms with Gasteiger partial charge in [0.05, 0.1) is 29.7 Å². The van der Waals surface area contributed by atoms with Crippen LogP contribution in [0, 0.1) is 0 Å². The maximum atomic E-state index is 14.2. The number of rotatable bonds is 10. The van der Waals surface area contributed by atoms with E-state index in [1.807, 2.05) is 110 Å². The number of nitrogens with zero attached hydrogens (tertiary/aromatic N) is 3. The van der Waals surface area contributed by atoms with Crippen LogP contribution < -0.4 is 10.3 Å². The van der Waals surface area contributed by atoms with Crippen molar-refractivity contribution in [3.05, 3.63) is 136 Å². The lowest BCUT2D eigenvalue weighted by Gasteiger charge is -2.34. The van der Waals surface area contributed by atoms with E-state index >= 15 is 0 Å². The molecule has 4 aromatic carbocycles. The van der Waals surface area contributed by atoms with Crippen LogP contribution in [0.4, 0.5) is 0 Å². The average Bonchev–Trinajstić information content (AvgIpc) is 3.03. The van der Waals surface area contributed by atoms with E-state index in [1.54, 1.807) is 22.6 Å². The molecular formula is C34H32ClN3O3. The SMILES string of the molecule is CCC(c1nc2ccccc2c(=O)n1-c1ccccc1OC)N(CCc1ccccc1)C(=O)C(Cl)c1ccccc1. The fourth-order valence-corrected chi connectivity index (χ4v) is 5.46. The lowest BCUT2D eigenvalue weighted by molar-refractivity contribution is -0.133. The average molecular weight is 566 g/mol. The van der Waals surface area contributed by atoms with Crippen molar-refractivity contribution in [3.8, 4) is 11.4 Å². The van der Waals surface area contributed by atoms with Gasteiger partial charge in [0.15, 0.2) is 0 Å². The lowest BCUT2D eigenvalue weighted by atomic mass is 10.0. The normalized spacial score (nSPS) is 12.6. The summed E-state index contributed by atoms with van der Waals surface area (Å²) in [6, 6.07) is 33.4. The molecule has 0 radical (unpaired) electrons. The highest BCUT2D eigenvalue weighted by Crippen LogP contribution is 2.33. The number of methoxy groups -OCH3 is 1. The molecule has 7 heteroatoms. The van der Waals surface area contributed by atoms with Crippen LogP contribution in [0.2, 0.25) is 0 Å². The van der Waals surface area contributed by atoms with Gasteiger partial charge in [-0.1, -0.05) is 91.9 Å². The molecular weight excluding hydrogens is 534 g/mol. The first kappa shape index (κ1) is 28.1. The van der Waals surface area contributed by atoms with Gasteiger partial charge in [0.1, 0.15) is 17.0 Å². The van der Waals surface area contributed by atoms with Crippen LogP contribution in [-0.4, -0.2) is 34.0 Å². The molecule has 6 nitrogen and oxygen atoms in total. The highest BCUT2D eigenvalue weighted by Gasteiger charge is 2.33. The van der Waals surface area contributed by atoms with Crippen LogP contribution in [0.15, 0.2) is 114 Å². The van der Waals surface area contributed by atoms with Gasteiger partial charge in [0, 0.05) is 6.54 Å². The predicted molar refractivity (Wildman–Crippen MR) is 164 cm³/mol. The molecule has 0 aliphatic heterocycles. The molecule has 0 aliphatic rings. The maximum Gasteiger partial charge on any atom is 0.266 e. The Morgan fingerprint density at radius 2 is 1.54 bits per heavy atom. The molecule has 5 rings (SSSR count). The van der Waals surface area contributed by atoms with Crippen molar-refractivity contribution in [2.45, 2.75) is 31.2 Å². The number of hydrogen-bond donors (Lipinski definition) is 0. The Hall–Kier alpha value is -4.42. The molecule has 1 aromatic heterocycles. The highest BCUT2D eigenvalue weighted by molar-refractivity contribution is 6.30. The van der Waals surface area contributed by atoms with Gasteiger partial charge in [-0.05, 0) is 48.2 Å². The third-order valence-corrected chi connectivity index (χ3v) is 7.70. The van der Waals surface area contributed by atoms with Crippen molar-refractivity contribution in [3.63, 3.8) is 0 Å². The van der Waals surface area contributed by atoms with E-state index in [2.05, 4.69) is 0 Å². The van der Waals surface area contributed by atoms with E-state index in [0.717, 1.165) is 5.56 Å². The zero-order chi connectivity index (χ0) is 28.8. The highest BCUT2D eigenvalue weighted by atomic mass is 35.5. The second kappa shape index (κ2) is 12.8. The van der Waals surface area contributed by atoms with Crippen LogP contribution in [0.5, 0.6) is 5.75 Å². The van der Waals surface area contributed by atoms with E-state index in [9.17, 15) is 9.59 Å². The fraction of sp³-hybridized carbons (Fsp3) is 0.206. The van der Waals surface area contributed by atoms with Crippen molar-refractivity contribution in [1.29, 1.82) is 0 Å². The van der Waals surface area contributed by atoms with Gasteiger partial charge in [-0.3, -0.25) is 14.2 Å². The number of alkyl halides is 1. The molecule has 1 amide bonds. The molecule has 0 N–H and O–H groups in total. The van der Waals surface area contributed by atoms with E-state index < -0.39 is 11.4 Å². The molecule has 41 heavy (non-hydrogen) atoms. The molecule has 0 bridgehead atoms. The van der Waals surface area contributed by atoms with Gasteiger partial charge in [0.2, 0.25) is 5.91 Å². The van der Waals surface area contributed by atoms with Crippen molar-refractivity contribution in [2.75, 3.05) is 13.7 Å². The van der Waals surface area contributed by atoms with Crippen molar-refractivity contribution in [1.82, 2.24) is 14.5 Å². The van der Waals surface area contributed by atoms with Crippen LogP contribution in [-0.2, 0) is 11.2 Å². The molecule has 2 unspecified atom stereocenters. The monoisotopic (exact) mass is 565 g/mol. The largest absolute Gasteiger partial charge is 0.495 e. The second-order valence-corrected chi connectivity index (χ2v) is 10.2. The minimum Gasteiger partial charge on any atom is -0.495 e. The number of amides is 1. The topological polar surface area (TPSA) is 64.4 Å². The van der Waals surface area contributed by atoms with Crippen LogP contribution in [0.1, 0.15) is 41.7 Å². The Labute approximate surface area is 244 Å². The molecule has 0 aliphatic carbocycles. The number of hydrogen-bond acceptors (Lipinski definition) is 4. The van der Waals surface area contributed by atoms with E-state index in [-0.39, 0.29) is 11.5 Å². The minimum absolute atomic E-state index is 0.227. The van der Waals surface area contributed by atoms with Crippen molar-refractivity contribution < 1.29 is 9.53 Å². The van der Waals surface area contributed by atoms with E-state index in [4.69, 9.17) is 21.3 Å². The van der Waals surface area contributed by atoms with E-state index in [1.165, 1.54) is 0 Å². The quantitative estimate of drug-likeness (QED) is 0.173. The van der Waals surface area contributed by atoms with Gasteiger partial charge in [0.25, 0.3) is 5.56 Å². The first-order chi connectivity index (χ1) is 20.0. The summed E-state index contributed by atoms with van der Waals surface area (Å²) in [6.07, 6.45) is 1.13. The summed E-state index contributed by atoms with van der Waals surface area (Å²) in [6.45, 7) is 2.39. The third kappa shape index (κ3) is 5.88. The van der Waals surface area contributed by atoms with E-state index in [0.29, 0.717) is 53.1 Å². The number of carbonyl (C=O) groups excluding carboxylic acids is 1. The Balaban J connectivity index is 1.69. The number of para-hydroxylation sites is 3. The lowest BCUT2D eigenvalue weighted by Crippen LogP contribution is -2.41. The zero-order valence-electron chi connectivity index (χ0n) is 23.1. The molecule has 0 spiro atoms. The molecule has 1 heterocycles. The summed E-state index contributed by atoms with van der Waals surface area (Å²) in [4.78, 5) is 35.1. The minimum atomic E-state index is -0.895. The van der Waals surface area contributed by atoms with Gasteiger partial charge in [-0.2, -0.15) is 0 Å². The first-order valence-electron chi connectivity index (χ1n) is 13.7. The number of aromatic nitrogens is 2. The Morgan fingerprint density at radius 3 is 2.24 bits per heavy atom. The number of benzene rings is 4. The van der Waals surface area contributed by atoms with Crippen LogP contribution in [0.3, 0.4) is 0 Å². The summed E-state index contributed by atoms with van der Waals surface area (Å²) < 4.78 is 7.24. The molecule has 5 aromatic rings. The second-order valence-electron chi connectivity index (χ2n) is 9.76. The van der Waals surface area contributed by atoms with Crippen LogP contribution in [0.25, 0.3) is 16.6 Å². The Morgan fingerprint density at radius 1 is 0.902 bits per heavy atom. The number of halogens is 1. The van der Waals surface area contributed by atoms with Gasteiger partial charge >= 0.3 is 0 Å². The predicted octanol–water partition coefficient (Wildman–Crippen LogP) is 6.90. The number of carbonyl (C=O) groups is 1. The standard InChI is InChI=1S/C34H32ClN3O3/c1-3-28(37(23-22-24-14-6-4-7-15-24)34(40)31(35)25-16-8-5-9-17-25)32-36-27-19-11-10-18-26(27)33(39)38(32)29-20-12-13-21-30(29)41-2/h4-21,28,31H,3,22-23H2,1-2H3. The molecule has 0 saturated heterocycles. The zero-order valence-corrected chi connectivity index (χ0v) is 23.9.